The van der Waals surface area contributed by atoms with E-state index < -0.39 is 17.6 Å². The van der Waals surface area contributed by atoms with Crippen molar-refractivity contribution in [3.05, 3.63) is 100 Å². The molecule has 37 heavy (non-hydrogen) atoms. The summed E-state index contributed by atoms with van der Waals surface area (Å²) < 4.78 is 53.6. The number of fused-ring (bicyclic) bond motifs is 1. The highest BCUT2D eigenvalue weighted by Gasteiger charge is 2.31. The first-order chi connectivity index (χ1) is 17.3. The summed E-state index contributed by atoms with van der Waals surface area (Å²) in [5, 5.41) is 0.838. The van der Waals surface area contributed by atoms with Gasteiger partial charge in [0.05, 0.1) is 11.1 Å². The van der Waals surface area contributed by atoms with Gasteiger partial charge in [0.1, 0.15) is 5.82 Å². The van der Waals surface area contributed by atoms with E-state index in [4.69, 9.17) is 0 Å². The molecule has 194 valence electrons. The van der Waals surface area contributed by atoms with E-state index in [1.165, 1.54) is 0 Å². The number of hydrogen-bond acceptors (Lipinski definition) is 2. The quantitative estimate of drug-likeness (QED) is 0.278. The van der Waals surface area contributed by atoms with Gasteiger partial charge in [-0.25, -0.2) is 9.37 Å². The van der Waals surface area contributed by atoms with Crippen molar-refractivity contribution in [3.8, 4) is 0 Å². The Balaban J connectivity index is 1.66. The van der Waals surface area contributed by atoms with Crippen LogP contribution >= 0.6 is 0 Å². The van der Waals surface area contributed by atoms with E-state index in [2.05, 4.69) is 30.7 Å². The van der Waals surface area contributed by atoms with Crippen LogP contribution in [0.1, 0.15) is 59.2 Å². The van der Waals surface area contributed by atoms with Gasteiger partial charge in [-0.3, -0.25) is 4.79 Å². The van der Waals surface area contributed by atoms with Crippen molar-refractivity contribution in [2.24, 2.45) is 0 Å². The van der Waals surface area contributed by atoms with Gasteiger partial charge < -0.3 is 9.88 Å². The normalized spacial score (nSPS) is 12.2. The number of aryl methyl sites for hydroxylation is 1. The monoisotopic (exact) mass is 511 g/mol. The Morgan fingerprint density at radius 3 is 2.30 bits per heavy atom. The molecule has 0 unspecified atom stereocenters. The second kappa shape index (κ2) is 10.00. The van der Waals surface area contributed by atoms with Gasteiger partial charge >= 0.3 is 6.18 Å². The first kappa shape index (κ1) is 26.4. The Morgan fingerprint density at radius 2 is 1.65 bits per heavy atom. The van der Waals surface area contributed by atoms with Crippen LogP contribution in [0, 0.1) is 12.7 Å². The van der Waals surface area contributed by atoms with E-state index in [-0.39, 0.29) is 42.1 Å². The van der Waals surface area contributed by atoms with Crippen LogP contribution in [-0.2, 0) is 24.6 Å². The smallest absolute Gasteiger partial charge is 0.359 e. The average Bonchev–Trinajstić information content (AvgIpc) is 3.28. The van der Waals surface area contributed by atoms with Crippen molar-refractivity contribution in [2.75, 3.05) is 6.54 Å². The predicted molar refractivity (Wildman–Crippen MR) is 136 cm³/mol. The molecule has 0 saturated heterocycles. The van der Waals surface area contributed by atoms with Crippen molar-refractivity contribution in [2.45, 2.75) is 52.3 Å². The number of benzene rings is 2. The molecule has 0 fully saturated rings. The summed E-state index contributed by atoms with van der Waals surface area (Å²) in [6.45, 7) is 8.43. The SMILES string of the molecule is Cc1cc2cc[nH]c2c(C(=O)N(CCc2cc(F)cc(C(F)(F)F)c2)Cc2ccc(C(C)(C)C)cc2)n1. The third-order valence-corrected chi connectivity index (χ3v) is 6.31. The molecule has 0 aliphatic heterocycles. The van der Waals surface area contributed by atoms with Crippen LogP contribution in [0.2, 0.25) is 0 Å². The minimum Gasteiger partial charge on any atom is -0.359 e. The minimum absolute atomic E-state index is 0.0354. The van der Waals surface area contributed by atoms with Gasteiger partial charge in [0, 0.05) is 30.4 Å². The first-order valence-electron chi connectivity index (χ1n) is 12.0. The third kappa shape index (κ3) is 6.18. The molecule has 0 aliphatic carbocycles. The number of halogens is 4. The van der Waals surface area contributed by atoms with Gasteiger partial charge in [0.2, 0.25) is 0 Å². The van der Waals surface area contributed by atoms with Crippen LogP contribution in [0.25, 0.3) is 10.9 Å². The summed E-state index contributed by atoms with van der Waals surface area (Å²) in [6.07, 6.45) is -2.89. The van der Waals surface area contributed by atoms with Crippen LogP contribution in [0.3, 0.4) is 0 Å². The first-order valence-corrected chi connectivity index (χ1v) is 12.0. The summed E-state index contributed by atoms with van der Waals surface area (Å²) in [4.78, 5) is 22.8. The summed E-state index contributed by atoms with van der Waals surface area (Å²) in [6, 6.07) is 14.1. The lowest BCUT2D eigenvalue weighted by molar-refractivity contribution is -0.137. The van der Waals surface area contributed by atoms with E-state index in [1.54, 1.807) is 18.0 Å². The predicted octanol–water partition coefficient (Wildman–Crippen LogP) is 7.21. The molecule has 0 aliphatic rings. The molecular weight excluding hydrogens is 482 g/mol. The lowest BCUT2D eigenvalue weighted by Gasteiger charge is -2.24. The molecule has 4 rings (SSSR count). The topological polar surface area (TPSA) is 49.0 Å². The zero-order valence-electron chi connectivity index (χ0n) is 21.2. The number of rotatable bonds is 6. The molecular formula is C29H29F4N3O. The molecule has 0 radical (unpaired) electrons. The van der Waals surface area contributed by atoms with E-state index >= 15 is 0 Å². The molecule has 0 spiro atoms. The summed E-state index contributed by atoms with van der Waals surface area (Å²) in [5.74, 6) is -1.32. The highest BCUT2D eigenvalue weighted by molar-refractivity contribution is 6.04. The van der Waals surface area contributed by atoms with Crippen molar-refractivity contribution >= 4 is 16.8 Å². The Morgan fingerprint density at radius 1 is 0.946 bits per heavy atom. The third-order valence-electron chi connectivity index (χ3n) is 6.31. The maximum Gasteiger partial charge on any atom is 0.416 e. The molecule has 2 heterocycles. The van der Waals surface area contributed by atoms with Gasteiger partial charge in [-0.1, -0.05) is 45.0 Å². The van der Waals surface area contributed by atoms with E-state index in [0.717, 1.165) is 28.6 Å². The van der Waals surface area contributed by atoms with Gasteiger partial charge in [-0.05, 0) is 65.8 Å². The molecule has 4 nitrogen and oxygen atoms in total. The van der Waals surface area contributed by atoms with E-state index in [1.807, 2.05) is 36.4 Å². The highest BCUT2D eigenvalue weighted by atomic mass is 19.4. The summed E-state index contributed by atoms with van der Waals surface area (Å²) in [5.41, 5.74) is 2.59. The number of pyridine rings is 1. The number of aromatic nitrogens is 2. The maximum atomic E-state index is 14.0. The fourth-order valence-electron chi connectivity index (χ4n) is 4.31. The van der Waals surface area contributed by atoms with E-state index in [9.17, 15) is 22.4 Å². The van der Waals surface area contributed by atoms with E-state index in [0.29, 0.717) is 17.3 Å². The van der Waals surface area contributed by atoms with Gasteiger partial charge in [-0.2, -0.15) is 13.2 Å². The molecule has 8 heteroatoms. The molecule has 1 N–H and O–H groups in total. The minimum atomic E-state index is -4.66. The van der Waals surface area contributed by atoms with Crippen molar-refractivity contribution in [1.29, 1.82) is 0 Å². The summed E-state index contributed by atoms with van der Waals surface area (Å²) >= 11 is 0. The Labute approximate surface area is 213 Å². The number of aromatic amines is 1. The Bertz CT molecular complexity index is 1420. The van der Waals surface area contributed by atoms with Gasteiger partial charge in [-0.15, -0.1) is 0 Å². The molecule has 4 aromatic rings. The van der Waals surface area contributed by atoms with Crippen molar-refractivity contribution in [3.63, 3.8) is 0 Å². The number of nitrogens with one attached hydrogen (secondary N) is 1. The zero-order chi connectivity index (χ0) is 27.0. The lowest BCUT2D eigenvalue weighted by atomic mass is 9.87. The number of carbonyl (C=O) groups is 1. The molecule has 1 amide bonds. The molecule has 2 aromatic carbocycles. The highest BCUT2D eigenvalue weighted by Crippen LogP contribution is 2.31. The van der Waals surface area contributed by atoms with Crippen molar-refractivity contribution in [1.82, 2.24) is 14.9 Å². The molecule has 0 bridgehead atoms. The second-order valence-corrected chi connectivity index (χ2v) is 10.3. The van der Waals surface area contributed by atoms with Crippen molar-refractivity contribution < 1.29 is 22.4 Å². The lowest BCUT2D eigenvalue weighted by Crippen LogP contribution is -2.33. The fraction of sp³-hybridized carbons (Fsp3) is 0.310. The number of nitrogens with zero attached hydrogens (tertiary/aromatic N) is 2. The average molecular weight is 512 g/mol. The van der Waals surface area contributed by atoms with Crippen LogP contribution in [-0.4, -0.2) is 27.3 Å². The number of H-pyrrole nitrogens is 1. The number of amides is 1. The fourth-order valence-corrected chi connectivity index (χ4v) is 4.31. The van der Waals surface area contributed by atoms with Crippen LogP contribution in [0.15, 0.2) is 60.8 Å². The number of carbonyl (C=O) groups excluding carboxylic acids is 1. The molecule has 0 atom stereocenters. The molecule has 2 aromatic heterocycles. The largest absolute Gasteiger partial charge is 0.416 e. The van der Waals surface area contributed by atoms with Gasteiger partial charge in [0.15, 0.2) is 5.69 Å². The van der Waals surface area contributed by atoms with Gasteiger partial charge in [0.25, 0.3) is 5.91 Å². The second-order valence-electron chi connectivity index (χ2n) is 10.3. The number of hydrogen-bond donors (Lipinski definition) is 1. The summed E-state index contributed by atoms with van der Waals surface area (Å²) in [7, 11) is 0. The Kier molecular flexibility index (Phi) is 7.13. The molecule has 0 saturated carbocycles. The maximum absolute atomic E-state index is 14.0. The van der Waals surface area contributed by atoms with Crippen LogP contribution in [0.5, 0.6) is 0 Å². The van der Waals surface area contributed by atoms with Crippen LogP contribution < -0.4 is 0 Å². The Hall–Kier alpha value is -3.68. The number of alkyl halides is 3. The standard InChI is InChI=1S/C29H29F4N3O/c1-18-13-21-9-11-34-25(21)26(35-18)27(37)36(17-19-5-7-22(8-6-19)28(2,3)4)12-10-20-14-23(29(31,32)33)16-24(30)15-20/h5-9,11,13-16,34H,10,12,17H2,1-4H3. The van der Waals surface area contributed by atoms with Crippen LogP contribution in [0.4, 0.5) is 17.6 Å². The zero-order valence-corrected chi connectivity index (χ0v) is 21.2.